The second-order valence-electron chi connectivity index (χ2n) is 8.68. The van der Waals surface area contributed by atoms with Gasteiger partial charge in [-0.1, -0.05) is 58.7 Å². The van der Waals surface area contributed by atoms with Crippen LogP contribution >= 0.6 is 0 Å². The highest BCUT2D eigenvalue weighted by molar-refractivity contribution is 5.93. The van der Waals surface area contributed by atoms with E-state index in [1.54, 1.807) is 0 Å². The van der Waals surface area contributed by atoms with Crippen LogP contribution < -0.4 is 16.0 Å². The molecular weight excluding hydrogens is 420 g/mol. The average molecular weight is 456 g/mol. The fourth-order valence-corrected chi connectivity index (χ4v) is 3.77. The van der Waals surface area contributed by atoms with Gasteiger partial charge in [-0.3, -0.25) is 19.2 Å². The van der Waals surface area contributed by atoms with E-state index in [1.807, 2.05) is 64.4 Å². The molecule has 8 nitrogen and oxygen atoms in total. The van der Waals surface area contributed by atoms with Crippen LogP contribution in [0.15, 0.2) is 30.5 Å². The summed E-state index contributed by atoms with van der Waals surface area (Å²) in [6.45, 7) is 8.95. The summed E-state index contributed by atoms with van der Waals surface area (Å²) in [5.41, 5.74) is 1.84. The van der Waals surface area contributed by atoms with E-state index in [1.165, 1.54) is 6.92 Å². The molecule has 1 aromatic heterocycles. The van der Waals surface area contributed by atoms with E-state index >= 15 is 0 Å². The third-order valence-corrected chi connectivity index (χ3v) is 6.21. The van der Waals surface area contributed by atoms with Crippen molar-refractivity contribution in [3.05, 3.63) is 36.0 Å². The summed E-state index contributed by atoms with van der Waals surface area (Å²) in [6, 6.07) is 5.27. The minimum atomic E-state index is -0.860. The van der Waals surface area contributed by atoms with Crippen LogP contribution in [0.2, 0.25) is 0 Å². The van der Waals surface area contributed by atoms with Gasteiger partial charge in [0.1, 0.15) is 12.1 Å². The highest BCUT2D eigenvalue weighted by Gasteiger charge is 2.32. The summed E-state index contributed by atoms with van der Waals surface area (Å²) in [5.74, 6) is -1.45. The number of hydrogen-bond acceptors (Lipinski definition) is 4. The third-order valence-electron chi connectivity index (χ3n) is 6.21. The van der Waals surface area contributed by atoms with Crippen LogP contribution in [0.25, 0.3) is 10.9 Å². The molecule has 2 rings (SSSR count). The summed E-state index contributed by atoms with van der Waals surface area (Å²) in [6.07, 6.45) is 5.34. The molecule has 4 N–H and O–H groups in total. The van der Waals surface area contributed by atoms with Crippen molar-refractivity contribution in [3.63, 3.8) is 0 Å². The van der Waals surface area contributed by atoms with Gasteiger partial charge in [0, 0.05) is 30.4 Å². The summed E-state index contributed by atoms with van der Waals surface area (Å²) < 4.78 is 0. The molecule has 3 amide bonds. The third kappa shape index (κ3) is 6.91. The molecule has 0 aliphatic rings. The lowest BCUT2D eigenvalue weighted by molar-refractivity contribution is -0.133. The van der Waals surface area contributed by atoms with Gasteiger partial charge in [-0.25, -0.2) is 0 Å². The van der Waals surface area contributed by atoms with Gasteiger partial charge in [-0.05, 0) is 23.5 Å². The maximum atomic E-state index is 13.1. The first-order chi connectivity index (χ1) is 15.7. The number of hydrogen-bond donors (Lipinski definition) is 4. The zero-order valence-electron chi connectivity index (χ0n) is 20.0. The molecular formula is C25H35N4O4. The molecule has 2 aromatic rings. The maximum Gasteiger partial charge on any atom is 0.243 e. The fraction of sp³-hybridized carbons (Fsp3) is 0.520. The number of carbonyl (C=O) groups excluding carboxylic acids is 4. The molecule has 0 bridgehead atoms. The Hall–Kier alpha value is -3.16. The number of amides is 3. The molecule has 0 fully saturated rings. The first-order valence-electron chi connectivity index (χ1n) is 11.5. The van der Waals surface area contributed by atoms with E-state index in [-0.39, 0.29) is 24.2 Å². The van der Waals surface area contributed by atoms with Gasteiger partial charge < -0.3 is 20.9 Å². The lowest BCUT2D eigenvalue weighted by atomic mass is 9.94. The molecule has 0 saturated carbocycles. The first kappa shape index (κ1) is 26.1. The molecule has 1 radical (unpaired) electrons. The SMILES string of the molecule is CC[C@H](C)[C@H](NC(C)=O)C(=O)N[C@H](C(=O)N[C@H]([C]=O)Cc1c[nH]c2ccccc12)[C@@H](C)CC. The van der Waals surface area contributed by atoms with Gasteiger partial charge in [0.2, 0.25) is 24.0 Å². The molecule has 8 heteroatoms. The van der Waals surface area contributed by atoms with Crippen LogP contribution in [0, 0.1) is 11.8 Å². The van der Waals surface area contributed by atoms with Gasteiger partial charge in [-0.15, -0.1) is 0 Å². The normalized spacial score (nSPS) is 15.7. The van der Waals surface area contributed by atoms with Crippen LogP contribution in [0.3, 0.4) is 0 Å². The van der Waals surface area contributed by atoms with E-state index in [0.29, 0.717) is 12.8 Å². The van der Waals surface area contributed by atoms with Crippen LogP contribution in [0.4, 0.5) is 0 Å². The highest BCUT2D eigenvalue weighted by atomic mass is 16.2. The lowest BCUT2D eigenvalue weighted by Gasteiger charge is -2.29. The summed E-state index contributed by atoms with van der Waals surface area (Å²) in [4.78, 5) is 52.5. The second-order valence-corrected chi connectivity index (χ2v) is 8.68. The molecule has 179 valence electrons. The van der Waals surface area contributed by atoms with Crippen molar-refractivity contribution in [1.29, 1.82) is 0 Å². The van der Waals surface area contributed by atoms with E-state index in [4.69, 9.17) is 0 Å². The van der Waals surface area contributed by atoms with E-state index in [9.17, 15) is 19.2 Å². The van der Waals surface area contributed by atoms with Gasteiger partial charge in [0.25, 0.3) is 0 Å². The van der Waals surface area contributed by atoms with Crippen molar-refractivity contribution < 1.29 is 19.2 Å². The number of para-hydroxylation sites is 1. The van der Waals surface area contributed by atoms with Crippen molar-refractivity contribution in [2.45, 2.75) is 72.0 Å². The van der Waals surface area contributed by atoms with Gasteiger partial charge >= 0.3 is 0 Å². The lowest BCUT2D eigenvalue weighted by Crippen LogP contribution is -2.58. The molecule has 0 saturated heterocycles. The van der Waals surface area contributed by atoms with Crippen molar-refractivity contribution >= 4 is 34.9 Å². The number of aromatic nitrogens is 1. The monoisotopic (exact) mass is 455 g/mol. The number of nitrogens with one attached hydrogen (secondary N) is 4. The smallest absolute Gasteiger partial charge is 0.243 e. The molecule has 0 aliphatic heterocycles. The highest BCUT2D eigenvalue weighted by Crippen LogP contribution is 2.19. The number of rotatable bonds is 12. The minimum absolute atomic E-state index is 0.104. The van der Waals surface area contributed by atoms with E-state index in [2.05, 4.69) is 20.9 Å². The molecule has 0 aliphatic carbocycles. The Morgan fingerprint density at radius 3 is 2.09 bits per heavy atom. The van der Waals surface area contributed by atoms with Crippen LogP contribution in [0.5, 0.6) is 0 Å². The summed E-state index contributed by atoms with van der Waals surface area (Å²) in [7, 11) is 0. The maximum absolute atomic E-state index is 13.1. The Kier molecular flexibility index (Phi) is 9.63. The van der Waals surface area contributed by atoms with Gasteiger partial charge in [-0.2, -0.15) is 0 Å². The number of fused-ring (bicyclic) bond motifs is 1. The first-order valence-corrected chi connectivity index (χ1v) is 11.5. The Morgan fingerprint density at radius 2 is 1.52 bits per heavy atom. The Morgan fingerprint density at radius 1 is 0.939 bits per heavy atom. The van der Waals surface area contributed by atoms with Crippen molar-refractivity contribution in [1.82, 2.24) is 20.9 Å². The molecule has 1 heterocycles. The Labute approximate surface area is 195 Å². The molecule has 1 aromatic carbocycles. The standard InChI is InChI=1S/C25H35N4O4/c1-6-15(3)22(27-17(5)31)25(33)29-23(16(4)7-2)24(32)28-19(14-30)12-18-13-26-21-11-9-8-10-20(18)21/h8-11,13,15-16,19,22-23,26H,6-7,12H2,1-5H3,(H,27,31)(H,28,32)(H,29,33)/t15-,16-,19-,22-,23-/m0/s1. The van der Waals surface area contributed by atoms with E-state index in [0.717, 1.165) is 16.5 Å². The minimum Gasteiger partial charge on any atom is -0.361 e. The van der Waals surface area contributed by atoms with Crippen molar-refractivity contribution in [2.24, 2.45) is 11.8 Å². The molecule has 0 unspecified atom stereocenters. The zero-order valence-corrected chi connectivity index (χ0v) is 20.0. The molecule has 5 atom stereocenters. The number of carbonyl (C=O) groups is 3. The van der Waals surface area contributed by atoms with Crippen molar-refractivity contribution in [2.75, 3.05) is 0 Å². The second kappa shape index (κ2) is 12.2. The summed E-state index contributed by atoms with van der Waals surface area (Å²) in [5, 5.41) is 9.20. The van der Waals surface area contributed by atoms with Crippen molar-refractivity contribution in [3.8, 4) is 0 Å². The predicted molar refractivity (Wildman–Crippen MR) is 128 cm³/mol. The number of benzene rings is 1. The quantitative estimate of drug-likeness (QED) is 0.393. The molecule has 0 spiro atoms. The fourth-order valence-electron chi connectivity index (χ4n) is 3.77. The Bertz CT molecular complexity index is 970. The largest absolute Gasteiger partial charge is 0.361 e. The predicted octanol–water partition coefficient (Wildman–Crippen LogP) is 2.39. The Balaban J connectivity index is 2.15. The van der Waals surface area contributed by atoms with Gasteiger partial charge in [0.15, 0.2) is 0 Å². The number of H-pyrrole nitrogens is 1. The van der Waals surface area contributed by atoms with E-state index < -0.39 is 29.9 Å². The number of aromatic amines is 1. The zero-order chi connectivity index (χ0) is 24.5. The summed E-state index contributed by atoms with van der Waals surface area (Å²) >= 11 is 0. The molecule has 33 heavy (non-hydrogen) atoms. The van der Waals surface area contributed by atoms with Crippen LogP contribution in [-0.4, -0.2) is 47.1 Å². The van der Waals surface area contributed by atoms with Crippen LogP contribution in [0.1, 0.15) is 53.0 Å². The van der Waals surface area contributed by atoms with Crippen LogP contribution in [-0.2, 0) is 25.6 Å². The average Bonchev–Trinajstić information content (AvgIpc) is 3.21. The topological polar surface area (TPSA) is 120 Å². The van der Waals surface area contributed by atoms with Gasteiger partial charge in [0.05, 0.1) is 6.04 Å².